The smallest absolute Gasteiger partial charge is 0.269 e. The van der Waals surface area contributed by atoms with E-state index < -0.39 is 0 Å². The Bertz CT molecular complexity index is 1390. The van der Waals surface area contributed by atoms with Gasteiger partial charge in [0.1, 0.15) is 11.5 Å². The van der Waals surface area contributed by atoms with Gasteiger partial charge < -0.3 is 4.98 Å². The van der Waals surface area contributed by atoms with E-state index in [2.05, 4.69) is 19.9 Å². The van der Waals surface area contributed by atoms with Crippen molar-refractivity contribution in [1.29, 1.82) is 0 Å². The zero-order valence-corrected chi connectivity index (χ0v) is 14.6. The van der Waals surface area contributed by atoms with Crippen molar-refractivity contribution in [3.8, 4) is 11.1 Å². The van der Waals surface area contributed by atoms with Gasteiger partial charge >= 0.3 is 0 Å². The molecule has 0 radical (unpaired) electrons. The third-order valence-electron chi connectivity index (χ3n) is 4.76. The number of rotatable bonds is 3. The maximum absolute atomic E-state index is 14.8. The molecule has 0 amide bonds. The number of nitrogens with one attached hydrogen (secondary N) is 1. The molecule has 7 heteroatoms. The largest absolute Gasteiger partial charge is 0.346 e. The fraction of sp³-hybridized carbons (Fsp3) is 0.0476. The second-order valence-corrected chi connectivity index (χ2v) is 6.49. The number of fused-ring (bicyclic) bond motifs is 2. The van der Waals surface area contributed by atoms with Crippen LogP contribution in [0, 0.1) is 5.82 Å². The molecule has 0 fully saturated rings. The molecule has 0 aliphatic heterocycles. The predicted octanol–water partition coefficient (Wildman–Crippen LogP) is 3.52. The van der Waals surface area contributed by atoms with Crippen LogP contribution in [-0.2, 0) is 6.54 Å². The van der Waals surface area contributed by atoms with E-state index in [1.165, 1.54) is 16.8 Å². The first kappa shape index (κ1) is 16.3. The molecule has 1 N–H and O–H groups in total. The number of hydrogen-bond donors (Lipinski definition) is 1. The van der Waals surface area contributed by atoms with Crippen molar-refractivity contribution >= 4 is 22.1 Å². The molecule has 136 valence electrons. The summed E-state index contributed by atoms with van der Waals surface area (Å²) in [5.74, 6) is -0.382. The molecule has 1 aromatic carbocycles. The van der Waals surface area contributed by atoms with Crippen molar-refractivity contribution in [2.24, 2.45) is 0 Å². The van der Waals surface area contributed by atoms with Crippen LogP contribution in [0.25, 0.3) is 33.2 Å². The summed E-state index contributed by atoms with van der Waals surface area (Å²) in [6.45, 7) is 0.102. The van der Waals surface area contributed by atoms with Crippen molar-refractivity contribution < 1.29 is 4.39 Å². The summed E-state index contributed by atoms with van der Waals surface area (Å²) in [6, 6.07) is 10.6. The van der Waals surface area contributed by atoms with E-state index in [0.29, 0.717) is 16.6 Å². The summed E-state index contributed by atoms with van der Waals surface area (Å²) >= 11 is 0. The molecule has 0 saturated carbocycles. The number of H-pyrrole nitrogens is 1. The van der Waals surface area contributed by atoms with Crippen LogP contribution in [0.2, 0.25) is 0 Å². The molecular weight excluding hydrogens is 357 g/mol. The maximum atomic E-state index is 14.8. The second-order valence-electron chi connectivity index (χ2n) is 6.49. The van der Waals surface area contributed by atoms with Gasteiger partial charge in [0.2, 0.25) is 0 Å². The quantitative estimate of drug-likeness (QED) is 0.526. The van der Waals surface area contributed by atoms with E-state index >= 15 is 0 Å². The Kier molecular flexibility index (Phi) is 3.72. The molecule has 6 nitrogen and oxygen atoms in total. The monoisotopic (exact) mass is 371 g/mol. The topological polar surface area (TPSA) is 76.5 Å². The highest BCUT2D eigenvalue weighted by molar-refractivity contribution is 5.81. The normalized spacial score (nSPS) is 11.3. The molecule has 5 aromatic rings. The first-order chi connectivity index (χ1) is 13.7. The van der Waals surface area contributed by atoms with Gasteiger partial charge in [-0.3, -0.25) is 14.3 Å². The number of benzene rings is 1. The summed E-state index contributed by atoms with van der Waals surface area (Å²) in [5, 5.41) is 0.962. The fourth-order valence-electron chi connectivity index (χ4n) is 3.30. The molecular formula is C21H14FN5O. The van der Waals surface area contributed by atoms with Gasteiger partial charge in [0, 0.05) is 35.1 Å². The Morgan fingerprint density at radius 3 is 2.82 bits per heavy atom. The van der Waals surface area contributed by atoms with E-state index in [0.717, 1.165) is 22.2 Å². The SMILES string of the molecule is O=c1cnc2ccncc2n1Cc1ccc(-c2cnc3[nH]ccc3c2)cc1F. The van der Waals surface area contributed by atoms with Gasteiger partial charge in [0.25, 0.3) is 5.56 Å². The molecule has 0 unspecified atom stereocenters. The highest BCUT2D eigenvalue weighted by atomic mass is 19.1. The lowest BCUT2D eigenvalue weighted by Gasteiger charge is -2.11. The number of pyridine rings is 2. The Morgan fingerprint density at radius 2 is 1.93 bits per heavy atom. The van der Waals surface area contributed by atoms with Crippen molar-refractivity contribution in [3.05, 3.63) is 89.1 Å². The van der Waals surface area contributed by atoms with Crippen LogP contribution < -0.4 is 5.56 Å². The second kappa shape index (κ2) is 6.38. The van der Waals surface area contributed by atoms with Crippen LogP contribution in [0.5, 0.6) is 0 Å². The summed E-state index contributed by atoms with van der Waals surface area (Å²) in [7, 11) is 0. The molecule has 0 atom stereocenters. The number of aromatic nitrogens is 5. The number of hydrogen-bond acceptors (Lipinski definition) is 4. The first-order valence-electron chi connectivity index (χ1n) is 8.70. The number of halogens is 1. The lowest BCUT2D eigenvalue weighted by molar-refractivity contribution is 0.599. The Hall–Kier alpha value is -3.87. The average molecular weight is 371 g/mol. The number of nitrogens with zero attached hydrogens (tertiary/aromatic N) is 4. The Morgan fingerprint density at radius 1 is 1.00 bits per heavy atom. The van der Waals surface area contributed by atoms with Crippen molar-refractivity contribution in [2.75, 3.05) is 0 Å². The van der Waals surface area contributed by atoms with Gasteiger partial charge in [0.05, 0.1) is 30.0 Å². The Balaban J connectivity index is 1.54. The molecule has 0 aliphatic carbocycles. The molecule has 28 heavy (non-hydrogen) atoms. The molecule has 4 aromatic heterocycles. The highest BCUT2D eigenvalue weighted by Gasteiger charge is 2.10. The maximum Gasteiger partial charge on any atom is 0.269 e. The minimum atomic E-state index is -0.382. The van der Waals surface area contributed by atoms with Gasteiger partial charge in [-0.2, -0.15) is 0 Å². The average Bonchev–Trinajstić information content (AvgIpc) is 3.19. The van der Waals surface area contributed by atoms with E-state index in [1.54, 1.807) is 30.7 Å². The third kappa shape index (κ3) is 2.73. The summed E-state index contributed by atoms with van der Waals surface area (Å²) < 4.78 is 16.3. The van der Waals surface area contributed by atoms with Crippen LogP contribution in [0.1, 0.15) is 5.56 Å². The molecule has 0 saturated heterocycles. The first-order valence-corrected chi connectivity index (χ1v) is 8.70. The predicted molar refractivity (Wildman–Crippen MR) is 104 cm³/mol. The van der Waals surface area contributed by atoms with Crippen LogP contribution in [0.3, 0.4) is 0 Å². The van der Waals surface area contributed by atoms with E-state index in [9.17, 15) is 9.18 Å². The standard InChI is InChI=1S/C21H14FN5O/c22-17-8-13(16-7-14-3-6-24-21(14)26-9-16)1-2-15(17)12-27-19-10-23-5-4-18(19)25-11-20(27)28/h1-11H,12H2,(H,24,26). The summed E-state index contributed by atoms with van der Waals surface area (Å²) in [6.07, 6.45) is 7.94. The zero-order chi connectivity index (χ0) is 19.1. The molecule has 4 heterocycles. The minimum absolute atomic E-state index is 0.102. The van der Waals surface area contributed by atoms with Crippen molar-refractivity contribution in [1.82, 2.24) is 24.5 Å². The van der Waals surface area contributed by atoms with Gasteiger partial charge in [0.15, 0.2) is 0 Å². The van der Waals surface area contributed by atoms with Crippen LogP contribution in [0.4, 0.5) is 4.39 Å². The molecule has 0 bridgehead atoms. The van der Waals surface area contributed by atoms with Gasteiger partial charge in [-0.1, -0.05) is 12.1 Å². The molecule has 0 aliphatic rings. The lowest BCUT2D eigenvalue weighted by atomic mass is 10.0. The van der Waals surface area contributed by atoms with Gasteiger partial charge in [-0.25, -0.2) is 14.4 Å². The minimum Gasteiger partial charge on any atom is -0.346 e. The van der Waals surface area contributed by atoms with E-state index in [4.69, 9.17) is 0 Å². The Labute approximate surface area is 158 Å². The van der Waals surface area contributed by atoms with Crippen LogP contribution in [0.15, 0.2) is 72.2 Å². The highest BCUT2D eigenvalue weighted by Crippen LogP contribution is 2.24. The van der Waals surface area contributed by atoms with Gasteiger partial charge in [-0.15, -0.1) is 0 Å². The van der Waals surface area contributed by atoms with Crippen LogP contribution >= 0.6 is 0 Å². The molecule has 0 spiro atoms. The lowest BCUT2D eigenvalue weighted by Crippen LogP contribution is -2.21. The van der Waals surface area contributed by atoms with Crippen molar-refractivity contribution in [2.45, 2.75) is 6.54 Å². The van der Waals surface area contributed by atoms with Crippen LogP contribution in [-0.4, -0.2) is 24.5 Å². The van der Waals surface area contributed by atoms with Gasteiger partial charge in [-0.05, 0) is 29.8 Å². The third-order valence-corrected chi connectivity index (χ3v) is 4.76. The molecule has 5 rings (SSSR count). The fourth-order valence-corrected chi connectivity index (χ4v) is 3.30. The summed E-state index contributed by atoms with van der Waals surface area (Å²) in [5.41, 5.74) is 3.67. The van der Waals surface area contributed by atoms with E-state index in [1.807, 2.05) is 24.4 Å². The summed E-state index contributed by atoms with van der Waals surface area (Å²) in [4.78, 5) is 27.8. The van der Waals surface area contributed by atoms with E-state index in [-0.39, 0.29) is 17.9 Å². The zero-order valence-electron chi connectivity index (χ0n) is 14.6. The number of aromatic amines is 1. The van der Waals surface area contributed by atoms with Crippen molar-refractivity contribution in [3.63, 3.8) is 0 Å².